The lowest BCUT2D eigenvalue weighted by molar-refractivity contribution is -0.118. The molecule has 0 saturated heterocycles. The van der Waals surface area contributed by atoms with E-state index in [1.807, 2.05) is 19.1 Å². The Bertz CT molecular complexity index is 330. The highest BCUT2D eigenvalue weighted by molar-refractivity contribution is 7.99. The molecule has 0 bridgehead atoms. The summed E-state index contributed by atoms with van der Waals surface area (Å²) in [6, 6.07) is 3.64. The molecule has 0 atom stereocenters. The molecule has 82 valence electrons. The van der Waals surface area contributed by atoms with Crippen molar-refractivity contribution in [1.29, 1.82) is 0 Å². The van der Waals surface area contributed by atoms with Crippen molar-refractivity contribution in [1.82, 2.24) is 4.98 Å². The SMILES string of the molecule is CCC(=O)CCCSc1ncccc1Cl. The van der Waals surface area contributed by atoms with Crippen LogP contribution in [0.5, 0.6) is 0 Å². The fraction of sp³-hybridized carbons (Fsp3) is 0.455. The number of carbonyl (C=O) groups excluding carboxylic acids is 1. The lowest BCUT2D eigenvalue weighted by Crippen LogP contribution is -1.95. The lowest BCUT2D eigenvalue weighted by Gasteiger charge is -2.01. The average Bonchev–Trinajstić information content (AvgIpc) is 2.26. The number of Topliss-reactive ketones (excluding diaryl/α,β-unsaturated/α-hetero) is 1. The maximum Gasteiger partial charge on any atom is 0.132 e. The van der Waals surface area contributed by atoms with Gasteiger partial charge < -0.3 is 0 Å². The number of ketones is 1. The highest BCUT2D eigenvalue weighted by atomic mass is 35.5. The minimum absolute atomic E-state index is 0.322. The van der Waals surface area contributed by atoms with Gasteiger partial charge in [0.15, 0.2) is 0 Å². The molecule has 1 rings (SSSR count). The normalized spacial score (nSPS) is 10.3. The zero-order valence-electron chi connectivity index (χ0n) is 8.70. The van der Waals surface area contributed by atoms with Crippen LogP contribution in [0.15, 0.2) is 23.4 Å². The third kappa shape index (κ3) is 4.67. The Balaban J connectivity index is 2.26. The summed E-state index contributed by atoms with van der Waals surface area (Å²) in [5, 5.41) is 1.53. The molecule has 0 saturated carbocycles. The number of thioether (sulfide) groups is 1. The lowest BCUT2D eigenvalue weighted by atomic mass is 10.2. The monoisotopic (exact) mass is 243 g/mol. The number of hydrogen-bond donors (Lipinski definition) is 0. The summed E-state index contributed by atoms with van der Waals surface area (Å²) in [6.07, 6.45) is 3.92. The Morgan fingerprint density at radius 3 is 3.07 bits per heavy atom. The van der Waals surface area contributed by atoms with Crippen molar-refractivity contribution >= 4 is 29.1 Å². The number of pyridine rings is 1. The van der Waals surface area contributed by atoms with Crippen molar-refractivity contribution in [3.63, 3.8) is 0 Å². The molecule has 0 radical (unpaired) electrons. The van der Waals surface area contributed by atoms with E-state index in [9.17, 15) is 4.79 Å². The molecule has 2 nitrogen and oxygen atoms in total. The number of rotatable bonds is 6. The number of nitrogens with zero attached hydrogens (tertiary/aromatic N) is 1. The summed E-state index contributed by atoms with van der Waals surface area (Å²) in [5.41, 5.74) is 0. The van der Waals surface area contributed by atoms with Gasteiger partial charge in [0.2, 0.25) is 0 Å². The van der Waals surface area contributed by atoms with E-state index in [0.717, 1.165) is 17.2 Å². The van der Waals surface area contributed by atoms with E-state index in [-0.39, 0.29) is 0 Å². The van der Waals surface area contributed by atoms with Gasteiger partial charge in [-0.2, -0.15) is 0 Å². The second kappa shape index (κ2) is 6.85. The van der Waals surface area contributed by atoms with Gasteiger partial charge in [-0.25, -0.2) is 4.98 Å². The van der Waals surface area contributed by atoms with Gasteiger partial charge in [-0.3, -0.25) is 4.79 Å². The third-order valence-electron chi connectivity index (χ3n) is 1.96. The molecular weight excluding hydrogens is 230 g/mol. The van der Waals surface area contributed by atoms with Crippen LogP contribution in [0, 0.1) is 0 Å². The molecule has 0 aliphatic rings. The van der Waals surface area contributed by atoms with Crippen LogP contribution in [-0.2, 0) is 4.79 Å². The highest BCUT2D eigenvalue weighted by Crippen LogP contribution is 2.24. The highest BCUT2D eigenvalue weighted by Gasteiger charge is 2.02. The van der Waals surface area contributed by atoms with Crippen LogP contribution in [0.2, 0.25) is 5.02 Å². The third-order valence-corrected chi connectivity index (χ3v) is 3.47. The molecule has 0 unspecified atom stereocenters. The van der Waals surface area contributed by atoms with Crippen LogP contribution in [0.4, 0.5) is 0 Å². The molecule has 0 amide bonds. The van der Waals surface area contributed by atoms with Crippen LogP contribution in [0.3, 0.4) is 0 Å². The number of halogens is 1. The molecular formula is C11H14ClNOS. The van der Waals surface area contributed by atoms with E-state index in [1.54, 1.807) is 18.0 Å². The van der Waals surface area contributed by atoms with Gasteiger partial charge in [-0.15, -0.1) is 11.8 Å². The first kappa shape index (κ1) is 12.5. The van der Waals surface area contributed by atoms with Gasteiger partial charge in [0.1, 0.15) is 10.8 Å². The van der Waals surface area contributed by atoms with Crippen LogP contribution in [-0.4, -0.2) is 16.5 Å². The molecule has 1 heterocycles. The van der Waals surface area contributed by atoms with E-state index in [1.165, 1.54) is 0 Å². The van der Waals surface area contributed by atoms with Gasteiger partial charge in [0, 0.05) is 19.0 Å². The van der Waals surface area contributed by atoms with Crippen LogP contribution in [0.1, 0.15) is 26.2 Å². The molecule has 0 aliphatic heterocycles. The average molecular weight is 244 g/mol. The molecule has 1 aromatic heterocycles. The molecule has 4 heteroatoms. The van der Waals surface area contributed by atoms with Crippen molar-refractivity contribution < 1.29 is 4.79 Å². The molecule has 0 aromatic carbocycles. The Morgan fingerprint density at radius 1 is 1.60 bits per heavy atom. The Kier molecular flexibility index (Phi) is 5.73. The fourth-order valence-corrected chi connectivity index (χ4v) is 2.20. The Hall–Kier alpha value is -0.540. The predicted molar refractivity (Wildman–Crippen MR) is 64.5 cm³/mol. The minimum Gasteiger partial charge on any atom is -0.300 e. The van der Waals surface area contributed by atoms with E-state index in [2.05, 4.69) is 4.98 Å². The summed E-state index contributed by atoms with van der Waals surface area (Å²) in [7, 11) is 0. The van der Waals surface area contributed by atoms with Crippen LogP contribution in [0.25, 0.3) is 0 Å². The van der Waals surface area contributed by atoms with E-state index < -0.39 is 0 Å². The molecule has 15 heavy (non-hydrogen) atoms. The fourth-order valence-electron chi connectivity index (χ4n) is 1.09. The molecule has 0 spiro atoms. The largest absolute Gasteiger partial charge is 0.300 e. The zero-order chi connectivity index (χ0) is 11.1. The van der Waals surface area contributed by atoms with Gasteiger partial charge in [0.25, 0.3) is 0 Å². The summed E-state index contributed by atoms with van der Waals surface area (Å²) >= 11 is 7.55. The smallest absolute Gasteiger partial charge is 0.132 e. The van der Waals surface area contributed by atoms with Crippen LogP contribution >= 0.6 is 23.4 Å². The molecule has 1 aromatic rings. The molecule has 0 aliphatic carbocycles. The maximum absolute atomic E-state index is 11.0. The standard InChI is InChI=1S/C11H14ClNOS/c1-2-9(14)5-4-8-15-11-10(12)6-3-7-13-11/h3,6-7H,2,4-5,8H2,1H3. The number of carbonyl (C=O) groups is 1. The van der Waals surface area contributed by atoms with E-state index in [0.29, 0.717) is 23.6 Å². The zero-order valence-corrected chi connectivity index (χ0v) is 10.3. The number of aromatic nitrogens is 1. The minimum atomic E-state index is 0.322. The molecule has 0 N–H and O–H groups in total. The number of hydrogen-bond acceptors (Lipinski definition) is 3. The second-order valence-corrected chi connectivity index (χ2v) is 4.63. The van der Waals surface area contributed by atoms with Crippen molar-refractivity contribution in [2.45, 2.75) is 31.2 Å². The predicted octanol–water partition coefficient (Wildman–Crippen LogP) is 3.59. The first-order valence-electron chi connectivity index (χ1n) is 4.99. The maximum atomic E-state index is 11.0. The first-order valence-corrected chi connectivity index (χ1v) is 6.35. The summed E-state index contributed by atoms with van der Waals surface area (Å²) in [5.74, 6) is 1.21. The summed E-state index contributed by atoms with van der Waals surface area (Å²) < 4.78 is 0. The Labute approximate surface area is 99.4 Å². The van der Waals surface area contributed by atoms with Gasteiger partial charge in [0.05, 0.1) is 5.02 Å². The van der Waals surface area contributed by atoms with Crippen molar-refractivity contribution in [2.24, 2.45) is 0 Å². The van der Waals surface area contributed by atoms with Gasteiger partial charge >= 0.3 is 0 Å². The van der Waals surface area contributed by atoms with Crippen LogP contribution < -0.4 is 0 Å². The summed E-state index contributed by atoms with van der Waals surface area (Å²) in [4.78, 5) is 15.2. The Morgan fingerprint density at radius 2 is 2.40 bits per heavy atom. The first-order chi connectivity index (χ1) is 7.24. The van der Waals surface area contributed by atoms with Gasteiger partial charge in [-0.05, 0) is 24.3 Å². The van der Waals surface area contributed by atoms with E-state index in [4.69, 9.17) is 11.6 Å². The topological polar surface area (TPSA) is 30.0 Å². The van der Waals surface area contributed by atoms with Crippen molar-refractivity contribution in [3.8, 4) is 0 Å². The van der Waals surface area contributed by atoms with Crippen molar-refractivity contribution in [2.75, 3.05) is 5.75 Å². The van der Waals surface area contributed by atoms with Gasteiger partial charge in [-0.1, -0.05) is 18.5 Å². The van der Waals surface area contributed by atoms with E-state index >= 15 is 0 Å². The van der Waals surface area contributed by atoms with Crippen molar-refractivity contribution in [3.05, 3.63) is 23.4 Å². The second-order valence-electron chi connectivity index (χ2n) is 3.13. The quantitative estimate of drug-likeness (QED) is 0.565. The molecule has 0 fully saturated rings. The summed E-state index contributed by atoms with van der Waals surface area (Å²) in [6.45, 7) is 1.89.